The number of piperidine rings is 1. The van der Waals surface area contributed by atoms with Gasteiger partial charge < -0.3 is 16.0 Å². The molecule has 1 saturated heterocycles. The van der Waals surface area contributed by atoms with E-state index in [4.69, 9.17) is 5.73 Å². The molecule has 1 aliphatic rings. The van der Waals surface area contributed by atoms with Gasteiger partial charge in [-0.25, -0.2) is 9.67 Å². The van der Waals surface area contributed by atoms with Gasteiger partial charge in [-0.2, -0.15) is 0 Å². The Kier molecular flexibility index (Phi) is 3.98. The van der Waals surface area contributed by atoms with Crippen LogP contribution in [0.4, 0.5) is 5.95 Å². The Labute approximate surface area is 111 Å². The summed E-state index contributed by atoms with van der Waals surface area (Å²) in [5, 5.41) is 6.47. The first-order valence-corrected chi connectivity index (χ1v) is 6.28. The van der Waals surface area contributed by atoms with Crippen molar-refractivity contribution >= 4 is 17.8 Å². The number of carbonyl (C=O) groups excluding carboxylic acids is 2. The van der Waals surface area contributed by atoms with Crippen molar-refractivity contribution < 1.29 is 9.59 Å². The van der Waals surface area contributed by atoms with Crippen molar-refractivity contribution in [3.63, 3.8) is 0 Å². The van der Waals surface area contributed by atoms with E-state index in [-0.39, 0.29) is 30.3 Å². The van der Waals surface area contributed by atoms with E-state index in [1.807, 2.05) is 0 Å². The number of nitrogen functional groups attached to an aromatic ring is 1. The summed E-state index contributed by atoms with van der Waals surface area (Å²) in [6.07, 6.45) is 3.98. The summed E-state index contributed by atoms with van der Waals surface area (Å²) in [6, 6.07) is -0.382. The highest BCUT2D eigenvalue weighted by atomic mass is 16.2. The number of likely N-dealkylation sites (tertiary alicyclic amines) is 1. The van der Waals surface area contributed by atoms with Gasteiger partial charge >= 0.3 is 0 Å². The number of amides is 2. The summed E-state index contributed by atoms with van der Waals surface area (Å²) >= 11 is 0. The van der Waals surface area contributed by atoms with Gasteiger partial charge in [-0.1, -0.05) is 0 Å². The summed E-state index contributed by atoms with van der Waals surface area (Å²) in [6.45, 7) is 0.652. The SMILES string of the molecule is CNC(=O)C1CCCCN1C(=O)Cn1cnc(N)n1. The lowest BCUT2D eigenvalue weighted by Gasteiger charge is -2.34. The van der Waals surface area contributed by atoms with Crippen LogP contribution in [0.5, 0.6) is 0 Å². The van der Waals surface area contributed by atoms with Gasteiger partial charge in [0, 0.05) is 13.6 Å². The molecule has 1 aromatic heterocycles. The quantitative estimate of drug-likeness (QED) is 0.729. The molecule has 1 fully saturated rings. The Balaban J connectivity index is 2.05. The van der Waals surface area contributed by atoms with Gasteiger partial charge in [-0.15, -0.1) is 5.10 Å². The van der Waals surface area contributed by atoms with Crippen molar-refractivity contribution in [2.24, 2.45) is 0 Å². The maximum Gasteiger partial charge on any atom is 0.245 e. The zero-order valence-electron chi connectivity index (χ0n) is 10.9. The second-order valence-corrected chi connectivity index (χ2v) is 4.51. The van der Waals surface area contributed by atoms with Gasteiger partial charge in [0.15, 0.2) is 0 Å². The fourth-order valence-corrected chi connectivity index (χ4v) is 2.28. The predicted molar refractivity (Wildman–Crippen MR) is 67.9 cm³/mol. The highest BCUT2D eigenvalue weighted by Crippen LogP contribution is 2.17. The van der Waals surface area contributed by atoms with Crippen molar-refractivity contribution in [1.82, 2.24) is 25.0 Å². The van der Waals surface area contributed by atoms with E-state index in [1.165, 1.54) is 11.0 Å². The highest BCUT2D eigenvalue weighted by Gasteiger charge is 2.31. The molecule has 8 nitrogen and oxygen atoms in total. The molecule has 0 aromatic carbocycles. The molecule has 0 bridgehead atoms. The van der Waals surface area contributed by atoms with Crippen LogP contribution in [0.1, 0.15) is 19.3 Å². The Morgan fingerprint density at radius 3 is 2.95 bits per heavy atom. The number of aromatic nitrogens is 3. The summed E-state index contributed by atoms with van der Waals surface area (Å²) in [5.74, 6) is -0.126. The van der Waals surface area contributed by atoms with Gasteiger partial charge in [-0.05, 0) is 19.3 Å². The monoisotopic (exact) mass is 266 g/mol. The zero-order valence-corrected chi connectivity index (χ0v) is 10.9. The van der Waals surface area contributed by atoms with Gasteiger partial charge in [-0.3, -0.25) is 9.59 Å². The van der Waals surface area contributed by atoms with Crippen LogP contribution in [0.15, 0.2) is 6.33 Å². The number of anilines is 1. The Bertz CT molecular complexity index is 472. The number of likely N-dealkylation sites (N-methyl/N-ethyl adjacent to an activating group) is 1. The third-order valence-electron chi connectivity index (χ3n) is 3.22. The van der Waals surface area contributed by atoms with Crippen LogP contribution >= 0.6 is 0 Å². The smallest absolute Gasteiger partial charge is 0.245 e. The van der Waals surface area contributed by atoms with E-state index < -0.39 is 0 Å². The van der Waals surface area contributed by atoms with Gasteiger partial charge in [0.1, 0.15) is 18.9 Å². The minimum atomic E-state index is -0.382. The molecule has 2 heterocycles. The molecule has 8 heteroatoms. The number of nitrogens with two attached hydrogens (primary N) is 1. The molecule has 1 aromatic rings. The third-order valence-corrected chi connectivity index (χ3v) is 3.22. The maximum absolute atomic E-state index is 12.2. The van der Waals surface area contributed by atoms with Crippen molar-refractivity contribution in [2.45, 2.75) is 31.8 Å². The molecule has 2 rings (SSSR count). The summed E-state index contributed by atoms with van der Waals surface area (Å²) < 4.78 is 1.38. The van der Waals surface area contributed by atoms with Gasteiger partial charge in [0.05, 0.1) is 0 Å². The van der Waals surface area contributed by atoms with Crippen molar-refractivity contribution in [3.8, 4) is 0 Å². The molecule has 0 radical (unpaired) electrons. The van der Waals surface area contributed by atoms with E-state index in [2.05, 4.69) is 15.4 Å². The van der Waals surface area contributed by atoms with Crippen molar-refractivity contribution in [1.29, 1.82) is 0 Å². The molecule has 19 heavy (non-hydrogen) atoms. The lowest BCUT2D eigenvalue weighted by atomic mass is 10.0. The van der Waals surface area contributed by atoms with Crippen LogP contribution in [-0.2, 0) is 16.1 Å². The number of hydrogen-bond donors (Lipinski definition) is 2. The van der Waals surface area contributed by atoms with Crippen LogP contribution in [0.2, 0.25) is 0 Å². The molecule has 1 aliphatic heterocycles. The lowest BCUT2D eigenvalue weighted by molar-refractivity contribution is -0.142. The predicted octanol–water partition coefficient (Wildman–Crippen LogP) is -1.01. The van der Waals surface area contributed by atoms with E-state index in [0.29, 0.717) is 13.0 Å². The average molecular weight is 266 g/mol. The lowest BCUT2D eigenvalue weighted by Crippen LogP contribution is -2.52. The van der Waals surface area contributed by atoms with Crippen LogP contribution in [0, 0.1) is 0 Å². The number of nitrogens with zero attached hydrogens (tertiary/aromatic N) is 4. The van der Waals surface area contributed by atoms with Crippen LogP contribution < -0.4 is 11.1 Å². The third kappa shape index (κ3) is 3.01. The number of rotatable bonds is 3. The second kappa shape index (κ2) is 5.68. The normalized spacial score (nSPS) is 19.2. The van der Waals surface area contributed by atoms with Crippen LogP contribution in [0.25, 0.3) is 0 Å². The minimum Gasteiger partial charge on any atom is -0.367 e. The molecular weight excluding hydrogens is 248 g/mol. The molecular formula is C11H18N6O2. The molecule has 2 amide bonds. The Morgan fingerprint density at radius 2 is 2.32 bits per heavy atom. The number of nitrogens with one attached hydrogen (secondary N) is 1. The van der Waals surface area contributed by atoms with Gasteiger partial charge in [0.2, 0.25) is 17.8 Å². The first-order chi connectivity index (χ1) is 9.11. The van der Waals surface area contributed by atoms with Crippen LogP contribution in [-0.4, -0.2) is 51.1 Å². The molecule has 1 unspecified atom stereocenters. The molecule has 3 N–H and O–H groups in total. The molecule has 0 aliphatic carbocycles. The Morgan fingerprint density at radius 1 is 1.53 bits per heavy atom. The minimum absolute atomic E-state index is 0.0533. The zero-order chi connectivity index (χ0) is 13.8. The van der Waals surface area contributed by atoms with E-state index in [9.17, 15) is 9.59 Å². The topological polar surface area (TPSA) is 106 Å². The summed E-state index contributed by atoms with van der Waals surface area (Å²) in [7, 11) is 1.58. The number of hydrogen-bond acceptors (Lipinski definition) is 5. The molecule has 104 valence electrons. The number of carbonyl (C=O) groups is 2. The largest absolute Gasteiger partial charge is 0.367 e. The maximum atomic E-state index is 12.2. The molecule has 0 spiro atoms. The molecule has 0 saturated carbocycles. The molecule has 1 atom stereocenters. The van der Waals surface area contributed by atoms with Crippen molar-refractivity contribution in [3.05, 3.63) is 6.33 Å². The summed E-state index contributed by atoms with van der Waals surface area (Å²) in [5.41, 5.74) is 5.40. The fourth-order valence-electron chi connectivity index (χ4n) is 2.28. The van der Waals surface area contributed by atoms with E-state index in [1.54, 1.807) is 11.9 Å². The van der Waals surface area contributed by atoms with Crippen molar-refractivity contribution in [2.75, 3.05) is 19.3 Å². The second-order valence-electron chi connectivity index (χ2n) is 4.51. The van der Waals surface area contributed by atoms with E-state index in [0.717, 1.165) is 12.8 Å². The fraction of sp³-hybridized carbons (Fsp3) is 0.636. The highest BCUT2D eigenvalue weighted by molar-refractivity contribution is 5.87. The van der Waals surface area contributed by atoms with E-state index >= 15 is 0 Å². The standard InChI is InChI=1S/C11H18N6O2/c1-13-10(19)8-4-2-3-5-17(8)9(18)6-16-7-14-11(12)15-16/h7-8H,2-6H2,1H3,(H2,12,15)(H,13,19). The van der Waals surface area contributed by atoms with Gasteiger partial charge in [0.25, 0.3) is 0 Å². The average Bonchev–Trinajstić information content (AvgIpc) is 2.83. The first-order valence-electron chi connectivity index (χ1n) is 6.28. The summed E-state index contributed by atoms with van der Waals surface area (Å²) in [4.78, 5) is 29.4. The Hall–Kier alpha value is -2.12. The van der Waals surface area contributed by atoms with Crippen LogP contribution in [0.3, 0.4) is 0 Å². The first kappa shape index (κ1) is 13.3.